The maximum atomic E-state index is 13.1. The Morgan fingerprint density at radius 1 is 1.15 bits per heavy atom. The van der Waals surface area contributed by atoms with Crippen LogP contribution in [-0.4, -0.2) is 67.4 Å². The quantitative estimate of drug-likeness (QED) is 0.429. The van der Waals surface area contributed by atoms with Gasteiger partial charge >= 0.3 is 0 Å². The van der Waals surface area contributed by atoms with Gasteiger partial charge in [0.25, 0.3) is 0 Å². The molecule has 3 rings (SSSR count). The number of hydrogen-bond donors (Lipinski definition) is 1. The lowest BCUT2D eigenvalue weighted by Gasteiger charge is -2.37. The fraction of sp³-hybridized carbons (Fsp3) is 0.611. The highest BCUT2D eigenvalue weighted by Crippen LogP contribution is 2.31. The Hall–Kier alpha value is -1.71. The van der Waals surface area contributed by atoms with E-state index in [0.717, 1.165) is 31.4 Å². The molecule has 1 atom stereocenters. The summed E-state index contributed by atoms with van der Waals surface area (Å²) in [6.45, 7) is 1.66. The molecule has 2 aliphatic rings. The van der Waals surface area contributed by atoms with Gasteiger partial charge in [0.05, 0.1) is 11.8 Å². The number of carbonyl (C=O) groups is 1. The summed E-state index contributed by atoms with van der Waals surface area (Å²) in [6, 6.07) is 5.44. The summed E-state index contributed by atoms with van der Waals surface area (Å²) in [4.78, 5) is 13.0. The van der Waals surface area contributed by atoms with Crippen LogP contribution in [0.1, 0.15) is 25.7 Å². The minimum absolute atomic E-state index is 0.00970. The van der Waals surface area contributed by atoms with Crippen LogP contribution in [-0.2, 0) is 14.8 Å². The summed E-state index contributed by atoms with van der Waals surface area (Å²) in [5.74, 6) is -0.555. The molecule has 1 aliphatic heterocycles. The number of hydrogen-bond acceptors (Lipinski definition) is 5. The van der Waals surface area contributed by atoms with Crippen molar-refractivity contribution in [2.45, 2.75) is 31.7 Å². The number of halogens is 1. The number of rotatable bonds is 7. The molecular formula is C18H26FN3O4S. The molecule has 0 aromatic heterocycles. The molecule has 1 heterocycles. The summed E-state index contributed by atoms with van der Waals surface area (Å²) in [6.07, 6.45) is 3.92. The molecule has 2 fully saturated rings. The molecule has 1 aromatic carbocycles. The van der Waals surface area contributed by atoms with Crippen LogP contribution in [0.3, 0.4) is 0 Å². The predicted molar refractivity (Wildman–Crippen MR) is 99.4 cm³/mol. The molecule has 1 saturated heterocycles. The zero-order valence-corrected chi connectivity index (χ0v) is 16.0. The van der Waals surface area contributed by atoms with E-state index in [4.69, 9.17) is 0 Å². The lowest BCUT2D eigenvalue weighted by atomic mass is 10.00. The van der Waals surface area contributed by atoms with Gasteiger partial charge in [-0.1, -0.05) is 12.8 Å². The first kappa shape index (κ1) is 20.0. The van der Waals surface area contributed by atoms with Gasteiger partial charge in [0, 0.05) is 31.9 Å². The first-order valence-electron chi connectivity index (χ1n) is 9.31. The number of hydroxylamine groups is 2. The lowest BCUT2D eigenvalue weighted by Crippen LogP contribution is -2.52. The Morgan fingerprint density at radius 3 is 2.30 bits per heavy atom. The Bertz CT molecular complexity index is 729. The molecule has 0 bridgehead atoms. The first-order valence-corrected chi connectivity index (χ1v) is 10.9. The van der Waals surface area contributed by atoms with Gasteiger partial charge in [-0.15, -0.1) is 0 Å². The van der Waals surface area contributed by atoms with Crippen molar-refractivity contribution in [1.29, 1.82) is 0 Å². The van der Waals surface area contributed by atoms with Crippen molar-refractivity contribution < 1.29 is 22.8 Å². The summed E-state index contributed by atoms with van der Waals surface area (Å²) in [5, 5.41) is 10.4. The van der Waals surface area contributed by atoms with Crippen LogP contribution >= 0.6 is 0 Å². The predicted octanol–water partition coefficient (Wildman–Crippen LogP) is 1.68. The molecule has 7 nitrogen and oxygen atoms in total. The zero-order valence-electron chi connectivity index (χ0n) is 15.2. The van der Waals surface area contributed by atoms with Crippen molar-refractivity contribution in [3.8, 4) is 0 Å². The maximum absolute atomic E-state index is 13.1. The monoisotopic (exact) mass is 399 g/mol. The molecule has 1 aromatic rings. The second-order valence-electron chi connectivity index (χ2n) is 7.24. The average Bonchev–Trinajstić information content (AvgIpc) is 3.21. The number of sulfonamides is 1. The molecule has 0 spiro atoms. The number of nitrogens with zero attached hydrogens (tertiary/aromatic N) is 3. The Kier molecular flexibility index (Phi) is 6.33. The Labute approximate surface area is 159 Å². The summed E-state index contributed by atoms with van der Waals surface area (Å²) in [7, 11) is -3.60. The van der Waals surface area contributed by atoms with Gasteiger partial charge in [-0.2, -0.15) is 4.31 Å². The highest BCUT2D eigenvalue weighted by molar-refractivity contribution is 7.89. The number of amides is 1. The standard InChI is InChI=1S/C18H26FN3O4S/c19-16-5-7-17(8-6-16)20-9-11-21(12-10-20)27(25,26)13-18(22(24)14-23)15-3-1-2-4-15/h5-8,14-15,18,24H,1-4,9-13H2. The van der Waals surface area contributed by atoms with Crippen LogP contribution in [0.15, 0.2) is 24.3 Å². The van der Waals surface area contributed by atoms with Gasteiger partial charge in [0.2, 0.25) is 16.4 Å². The summed E-state index contributed by atoms with van der Waals surface area (Å²) >= 11 is 0. The molecule has 1 unspecified atom stereocenters. The van der Waals surface area contributed by atoms with E-state index in [2.05, 4.69) is 0 Å². The van der Waals surface area contributed by atoms with Crippen LogP contribution < -0.4 is 4.90 Å². The van der Waals surface area contributed by atoms with E-state index in [1.165, 1.54) is 16.4 Å². The molecule has 1 saturated carbocycles. The van der Waals surface area contributed by atoms with Crippen LogP contribution in [0.5, 0.6) is 0 Å². The maximum Gasteiger partial charge on any atom is 0.233 e. The van der Waals surface area contributed by atoms with Crippen molar-refractivity contribution >= 4 is 22.1 Å². The fourth-order valence-electron chi connectivity index (χ4n) is 4.05. The third-order valence-electron chi connectivity index (χ3n) is 5.60. The Balaban J connectivity index is 1.63. The van der Waals surface area contributed by atoms with Crippen molar-refractivity contribution in [2.24, 2.45) is 5.92 Å². The van der Waals surface area contributed by atoms with E-state index in [0.29, 0.717) is 37.7 Å². The third kappa shape index (κ3) is 4.77. The van der Waals surface area contributed by atoms with Gasteiger partial charge in [0.1, 0.15) is 5.82 Å². The van der Waals surface area contributed by atoms with Crippen LogP contribution in [0.25, 0.3) is 0 Å². The normalized spacial score (nSPS) is 20.6. The van der Waals surface area contributed by atoms with Gasteiger partial charge < -0.3 is 4.90 Å². The van der Waals surface area contributed by atoms with Crippen molar-refractivity contribution in [3.05, 3.63) is 30.1 Å². The summed E-state index contributed by atoms with van der Waals surface area (Å²) in [5.41, 5.74) is 0.861. The van der Waals surface area contributed by atoms with Gasteiger partial charge in [0.15, 0.2) is 0 Å². The van der Waals surface area contributed by atoms with Crippen molar-refractivity contribution in [3.63, 3.8) is 0 Å². The van der Waals surface area contributed by atoms with Crippen LogP contribution in [0.4, 0.5) is 10.1 Å². The molecule has 0 radical (unpaired) electrons. The zero-order chi connectivity index (χ0) is 19.4. The number of benzene rings is 1. The smallest absolute Gasteiger partial charge is 0.233 e. The molecule has 9 heteroatoms. The lowest BCUT2D eigenvalue weighted by molar-refractivity contribution is -0.162. The summed E-state index contributed by atoms with van der Waals surface area (Å²) < 4.78 is 40.2. The van der Waals surface area contributed by atoms with Gasteiger partial charge in [-0.05, 0) is 43.0 Å². The fourth-order valence-corrected chi connectivity index (χ4v) is 5.83. The highest BCUT2D eigenvalue weighted by atomic mass is 32.2. The number of carbonyl (C=O) groups excluding carboxylic acids is 1. The van der Waals surface area contributed by atoms with Gasteiger partial charge in [-0.3, -0.25) is 10.0 Å². The van der Waals surface area contributed by atoms with Crippen LogP contribution in [0, 0.1) is 11.7 Å². The molecular weight excluding hydrogens is 373 g/mol. The van der Waals surface area contributed by atoms with E-state index in [9.17, 15) is 22.8 Å². The molecule has 150 valence electrons. The second-order valence-corrected chi connectivity index (χ2v) is 9.25. The molecule has 1 amide bonds. The topological polar surface area (TPSA) is 81.2 Å². The van der Waals surface area contributed by atoms with E-state index in [1.54, 1.807) is 12.1 Å². The van der Waals surface area contributed by atoms with Crippen LogP contribution in [0.2, 0.25) is 0 Å². The molecule has 1 N–H and O–H groups in total. The average molecular weight is 399 g/mol. The van der Waals surface area contributed by atoms with E-state index >= 15 is 0 Å². The largest absolute Gasteiger partial charge is 0.369 e. The third-order valence-corrected chi connectivity index (χ3v) is 7.51. The number of piperazine rings is 1. The molecule has 27 heavy (non-hydrogen) atoms. The minimum Gasteiger partial charge on any atom is -0.369 e. The SMILES string of the molecule is O=CN(O)C(CS(=O)(=O)N1CCN(c2ccc(F)cc2)CC1)C1CCCC1. The van der Waals surface area contributed by atoms with E-state index < -0.39 is 16.1 Å². The molecule has 1 aliphatic carbocycles. The van der Waals surface area contributed by atoms with E-state index in [-0.39, 0.29) is 17.5 Å². The minimum atomic E-state index is -3.60. The van der Waals surface area contributed by atoms with Crippen molar-refractivity contribution in [2.75, 3.05) is 36.8 Å². The number of anilines is 1. The second kappa shape index (κ2) is 8.53. The van der Waals surface area contributed by atoms with E-state index in [1.807, 2.05) is 4.90 Å². The Morgan fingerprint density at radius 2 is 1.74 bits per heavy atom. The van der Waals surface area contributed by atoms with Crippen molar-refractivity contribution in [1.82, 2.24) is 9.37 Å². The highest BCUT2D eigenvalue weighted by Gasteiger charge is 2.36. The first-order chi connectivity index (χ1) is 12.9. The van der Waals surface area contributed by atoms with Gasteiger partial charge in [-0.25, -0.2) is 17.9 Å².